The summed E-state index contributed by atoms with van der Waals surface area (Å²) in [5.74, 6) is -1.42. The number of likely N-dealkylation sites (N-methyl/N-ethyl adjacent to an activating group) is 1. The van der Waals surface area contributed by atoms with Gasteiger partial charge in [-0.3, -0.25) is 19.2 Å². The molecule has 1 fully saturated rings. The minimum Gasteiger partial charge on any atom is -0.342 e. The first-order chi connectivity index (χ1) is 18.7. The van der Waals surface area contributed by atoms with Crippen LogP contribution >= 0.6 is 23.2 Å². The zero-order valence-corrected chi connectivity index (χ0v) is 22.9. The molecule has 0 unspecified atom stereocenters. The normalized spacial score (nSPS) is 14.1. The molecule has 4 amide bonds. The number of halogens is 2. The zero-order valence-electron chi connectivity index (χ0n) is 21.3. The Morgan fingerprint density at radius 2 is 1.64 bits per heavy atom. The van der Waals surface area contributed by atoms with Crippen molar-refractivity contribution in [2.24, 2.45) is 0 Å². The summed E-state index contributed by atoms with van der Waals surface area (Å²) in [6.45, 7) is 0.0993. The summed E-state index contributed by atoms with van der Waals surface area (Å²) >= 11 is 12.0. The molecule has 3 aromatic carbocycles. The number of carbonyl (C=O) groups excluding carboxylic acids is 4. The second-order valence-electron chi connectivity index (χ2n) is 9.24. The van der Waals surface area contributed by atoms with Crippen molar-refractivity contribution in [3.63, 3.8) is 0 Å². The Morgan fingerprint density at radius 3 is 2.31 bits per heavy atom. The minimum atomic E-state index is -0.860. The fraction of sp³-hybridized carbons (Fsp3) is 0.241. The summed E-state index contributed by atoms with van der Waals surface area (Å²) in [6.07, 6.45) is 0.277. The van der Waals surface area contributed by atoms with Crippen molar-refractivity contribution >= 4 is 52.5 Å². The lowest BCUT2D eigenvalue weighted by Crippen LogP contribution is -2.56. The van der Waals surface area contributed by atoms with Gasteiger partial charge < -0.3 is 20.0 Å². The number of nitrogens with one attached hydrogen (secondary N) is 1. The number of hydrogen-bond donors (Lipinski definition) is 1. The van der Waals surface area contributed by atoms with Gasteiger partial charge in [0.1, 0.15) is 12.6 Å². The van der Waals surface area contributed by atoms with Crippen LogP contribution in [0.3, 0.4) is 0 Å². The Bertz CT molecular complexity index is 1350. The number of piperazine rings is 1. The average Bonchev–Trinajstić information content (AvgIpc) is 2.93. The first-order valence-corrected chi connectivity index (χ1v) is 13.2. The van der Waals surface area contributed by atoms with Gasteiger partial charge in [-0.05, 0) is 48.0 Å². The van der Waals surface area contributed by atoms with Crippen LogP contribution in [-0.4, -0.2) is 72.7 Å². The van der Waals surface area contributed by atoms with Gasteiger partial charge in [0.05, 0.1) is 6.54 Å². The molecule has 0 radical (unpaired) electrons. The molecule has 4 rings (SSSR count). The van der Waals surface area contributed by atoms with Gasteiger partial charge in [-0.25, -0.2) is 0 Å². The van der Waals surface area contributed by atoms with Gasteiger partial charge in [0, 0.05) is 47.9 Å². The summed E-state index contributed by atoms with van der Waals surface area (Å²) in [4.78, 5) is 56.4. The van der Waals surface area contributed by atoms with Crippen LogP contribution in [0.2, 0.25) is 10.0 Å². The van der Waals surface area contributed by atoms with E-state index in [-0.39, 0.29) is 50.3 Å². The maximum absolute atomic E-state index is 13.4. The highest BCUT2D eigenvalue weighted by Crippen LogP contribution is 2.19. The van der Waals surface area contributed by atoms with Gasteiger partial charge in [-0.1, -0.05) is 59.6 Å². The lowest BCUT2D eigenvalue weighted by Gasteiger charge is -2.34. The highest BCUT2D eigenvalue weighted by atomic mass is 35.5. The van der Waals surface area contributed by atoms with Crippen molar-refractivity contribution in [3.8, 4) is 0 Å². The largest absolute Gasteiger partial charge is 0.342 e. The molecule has 1 heterocycles. The highest BCUT2D eigenvalue weighted by molar-refractivity contribution is 6.31. The van der Waals surface area contributed by atoms with E-state index in [1.807, 2.05) is 30.3 Å². The van der Waals surface area contributed by atoms with E-state index < -0.39 is 11.9 Å². The SMILES string of the molecule is CN(C(=O)[C@H](Cc1ccccc1)NC(=O)CN1CCN(C(=O)c2cccc(Cl)c2)CC1=O)c1ccc(Cl)cc1. The Balaban J connectivity index is 1.40. The molecule has 0 bridgehead atoms. The average molecular weight is 567 g/mol. The lowest BCUT2D eigenvalue weighted by atomic mass is 10.0. The topological polar surface area (TPSA) is 90.0 Å². The van der Waals surface area contributed by atoms with Gasteiger partial charge >= 0.3 is 0 Å². The molecule has 1 N–H and O–H groups in total. The molecule has 1 atom stereocenters. The van der Waals surface area contributed by atoms with Gasteiger partial charge in [-0.15, -0.1) is 0 Å². The number of carbonyl (C=O) groups is 4. The fourth-order valence-electron chi connectivity index (χ4n) is 4.34. The molecule has 0 aliphatic carbocycles. The van der Waals surface area contributed by atoms with Crippen LogP contribution < -0.4 is 10.2 Å². The van der Waals surface area contributed by atoms with Crippen LogP contribution in [-0.2, 0) is 20.8 Å². The first-order valence-electron chi connectivity index (χ1n) is 12.4. The molecule has 1 aliphatic rings. The monoisotopic (exact) mass is 566 g/mol. The van der Waals surface area contributed by atoms with E-state index in [9.17, 15) is 19.2 Å². The molecule has 0 spiro atoms. The maximum atomic E-state index is 13.4. The van der Waals surface area contributed by atoms with Gasteiger partial charge in [-0.2, -0.15) is 0 Å². The van der Waals surface area contributed by atoms with E-state index in [0.717, 1.165) is 5.56 Å². The van der Waals surface area contributed by atoms with Crippen molar-refractivity contribution in [2.75, 3.05) is 38.1 Å². The molecule has 1 saturated heterocycles. The first kappa shape index (κ1) is 28.1. The third-order valence-electron chi connectivity index (χ3n) is 6.47. The van der Waals surface area contributed by atoms with Crippen molar-refractivity contribution < 1.29 is 19.2 Å². The molecule has 8 nitrogen and oxygen atoms in total. The van der Waals surface area contributed by atoms with E-state index in [1.165, 1.54) is 14.7 Å². The number of amides is 4. The maximum Gasteiger partial charge on any atom is 0.254 e. The summed E-state index contributed by atoms with van der Waals surface area (Å²) < 4.78 is 0. The molecular weight excluding hydrogens is 539 g/mol. The van der Waals surface area contributed by atoms with E-state index >= 15 is 0 Å². The predicted molar refractivity (Wildman–Crippen MR) is 151 cm³/mol. The van der Waals surface area contributed by atoms with Crippen LogP contribution in [0.4, 0.5) is 5.69 Å². The second-order valence-corrected chi connectivity index (χ2v) is 10.1. The second kappa shape index (κ2) is 12.8. The zero-order chi connectivity index (χ0) is 27.9. The molecule has 3 aromatic rings. The van der Waals surface area contributed by atoms with Crippen LogP contribution in [0.5, 0.6) is 0 Å². The molecule has 1 aliphatic heterocycles. The predicted octanol–water partition coefficient (Wildman–Crippen LogP) is 3.67. The number of nitrogens with zero attached hydrogens (tertiary/aromatic N) is 3. The molecule has 39 heavy (non-hydrogen) atoms. The highest BCUT2D eigenvalue weighted by Gasteiger charge is 2.31. The third kappa shape index (κ3) is 7.37. The standard InChI is InChI=1S/C29H28Cl2N4O4/c1-33(24-12-10-22(30)11-13-24)29(39)25(16-20-6-3-2-4-7-20)32-26(36)18-34-14-15-35(19-27(34)37)28(38)21-8-5-9-23(31)17-21/h2-13,17,25H,14-16,18-19H2,1H3,(H,32,36)/t25-/m0/s1. The smallest absolute Gasteiger partial charge is 0.254 e. The lowest BCUT2D eigenvalue weighted by molar-refractivity contribution is -0.139. The quantitative estimate of drug-likeness (QED) is 0.450. The Kier molecular flexibility index (Phi) is 9.22. The van der Waals surface area contributed by atoms with Crippen molar-refractivity contribution in [1.29, 1.82) is 0 Å². The number of benzene rings is 3. The summed E-state index contributed by atoms with van der Waals surface area (Å²) in [5, 5.41) is 3.80. The van der Waals surface area contributed by atoms with Crippen LogP contribution in [0, 0.1) is 0 Å². The van der Waals surface area contributed by atoms with E-state index in [1.54, 1.807) is 55.6 Å². The number of anilines is 1. The molecule has 10 heteroatoms. The van der Waals surface area contributed by atoms with Crippen molar-refractivity contribution in [2.45, 2.75) is 12.5 Å². The van der Waals surface area contributed by atoms with Crippen molar-refractivity contribution in [3.05, 3.63) is 100 Å². The van der Waals surface area contributed by atoms with Crippen LogP contribution in [0.25, 0.3) is 0 Å². The third-order valence-corrected chi connectivity index (χ3v) is 6.96. The van der Waals surface area contributed by atoms with Gasteiger partial charge in [0.25, 0.3) is 5.91 Å². The van der Waals surface area contributed by atoms with E-state index in [2.05, 4.69) is 5.32 Å². The summed E-state index contributed by atoms with van der Waals surface area (Å²) in [6, 6.07) is 21.9. The van der Waals surface area contributed by atoms with Crippen molar-refractivity contribution in [1.82, 2.24) is 15.1 Å². The van der Waals surface area contributed by atoms with Gasteiger partial charge in [0.2, 0.25) is 17.7 Å². The Labute approximate surface area is 237 Å². The molecule has 0 saturated carbocycles. The van der Waals surface area contributed by atoms with Gasteiger partial charge in [0.15, 0.2) is 0 Å². The number of rotatable bonds is 8. The summed E-state index contributed by atoms with van der Waals surface area (Å²) in [5.41, 5.74) is 1.91. The Morgan fingerprint density at radius 1 is 0.923 bits per heavy atom. The van der Waals surface area contributed by atoms with E-state index in [4.69, 9.17) is 23.2 Å². The molecule has 202 valence electrons. The summed E-state index contributed by atoms with van der Waals surface area (Å²) in [7, 11) is 1.63. The molecular formula is C29H28Cl2N4O4. The Hall–Kier alpha value is -3.88. The van der Waals surface area contributed by atoms with E-state index in [0.29, 0.717) is 21.3 Å². The minimum absolute atomic E-state index is 0.149. The molecule has 0 aromatic heterocycles. The van der Waals surface area contributed by atoms with Crippen LogP contribution in [0.1, 0.15) is 15.9 Å². The van der Waals surface area contributed by atoms with Crippen LogP contribution in [0.15, 0.2) is 78.9 Å². The number of hydrogen-bond acceptors (Lipinski definition) is 4. The fourth-order valence-corrected chi connectivity index (χ4v) is 4.66.